The molecule has 0 aromatic carbocycles. The first-order valence-corrected chi connectivity index (χ1v) is 10.8. The van der Waals surface area contributed by atoms with Gasteiger partial charge in [-0.2, -0.15) is 0 Å². The lowest BCUT2D eigenvalue weighted by atomic mass is 10.2. The molecule has 4 rings (SSSR count). The maximum Gasteiger partial charge on any atom is 0.283 e. The van der Waals surface area contributed by atoms with E-state index in [0.29, 0.717) is 54.6 Å². The third-order valence-corrected chi connectivity index (χ3v) is 5.50. The molecule has 1 aliphatic rings. The Morgan fingerprint density at radius 2 is 1.72 bits per heavy atom. The minimum absolute atomic E-state index is 0.118. The van der Waals surface area contributed by atoms with Gasteiger partial charge in [0.1, 0.15) is 10.7 Å². The van der Waals surface area contributed by atoms with Crippen LogP contribution in [0.15, 0.2) is 41.5 Å². The molecule has 0 radical (unpaired) electrons. The topological polar surface area (TPSA) is 101 Å². The van der Waals surface area contributed by atoms with Gasteiger partial charge in [0.2, 0.25) is 0 Å². The number of aromatic nitrogens is 4. The van der Waals surface area contributed by atoms with E-state index >= 15 is 0 Å². The summed E-state index contributed by atoms with van der Waals surface area (Å²) in [6.45, 7) is 5.74. The lowest BCUT2D eigenvalue weighted by molar-refractivity contribution is 0.0531. The van der Waals surface area contributed by atoms with Gasteiger partial charge in [0.05, 0.1) is 5.56 Å². The lowest BCUT2D eigenvalue weighted by Gasteiger charge is -2.34. The number of carbonyl (C=O) groups is 2. The molecule has 3 aromatic rings. The molecule has 0 N–H and O–H groups in total. The molecule has 10 heteroatoms. The van der Waals surface area contributed by atoms with Crippen LogP contribution in [0.25, 0.3) is 11.2 Å². The van der Waals surface area contributed by atoms with E-state index in [0.717, 1.165) is 0 Å². The molecule has 4 heterocycles. The van der Waals surface area contributed by atoms with E-state index < -0.39 is 11.5 Å². The number of nitrogens with zero attached hydrogens (tertiary/aromatic N) is 6. The normalized spacial score (nSPS) is 14.2. The fourth-order valence-electron chi connectivity index (χ4n) is 3.70. The van der Waals surface area contributed by atoms with Crippen molar-refractivity contribution in [3.8, 4) is 0 Å². The number of carbonyl (C=O) groups excluding carboxylic acids is 2. The average Bonchev–Trinajstić information content (AvgIpc) is 2.80. The Bertz CT molecular complexity index is 1220. The highest BCUT2D eigenvalue weighted by Gasteiger charge is 2.29. The SMILES string of the molecule is CC(C)Cn1c(=O)c(C(=O)N2CCN(C(=O)c3ccc(Cl)nc3)CC2)nc2cccnc21. The zero-order valence-corrected chi connectivity index (χ0v) is 18.6. The summed E-state index contributed by atoms with van der Waals surface area (Å²) in [6.07, 6.45) is 3.04. The van der Waals surface area contributed by atoms with Gasteiger partial charge in [-0.1, -0.05) is 25.4 Å². The van der Waals surface area contributed by atoms with Crippen LogP contribution in [0.3, 0.4) is 0 Å². The van der Waals surface area contributed by atoms with E-state index in [4.69, 9.17) is 11.6 Å². The summed E-state index contributed by atoms with van der Waals surface area (Å²) in [6, 6.07) is 6.66. The first-order chi connectivity index (χ1) is 15.3. The Kier molecular flexibility index (Phi) is 6.18. The summed E-state index contributed by atoms with van der Waals surface area (Å²) in [5.41, 5.74) is 0.845. The van der Waals surface area contributed by atoms with Crippen LogP contribution in [0.4, 0.5) is 0 Å². The van der Waals surface area contributed by atoms with Crippen molar-refractivity contribution in [2.45, 2.75) is 20.4 Å². The molecule has 9 nitrogen and oxygen atoms in total. The Morgan fingerprint density at radius 3 is 2.34 bits per heavy atom. The Hall–Kier alpha value is -3.33. The summed E-state index contributed by atoms with van der Waals surface area (Å²) in [5.74, 6) is -0.408. The van der Waals surface area contributed by atoms with Crippen molar-refractivity contribution in [1.82, 2.24) is 29.3 Å². The maximum atomic E-state index is 13.2. The first kappa shape index (κ1) is 21.9. The van der Waals surface area contributed by atoms with Crippen LogP contribution in [0, 0.1) is 5.92 Å². The van der Waals surface area contributed by atoms with Crippen molar-refractivity contribution in [1.29, 1.82) is 0 Å². The number of fused-ring (bicyclic) bond motifs is 1. The molecular formula is C22H23ClN6O3. The first-order valence-electron chi connectivity index (χ1n) is 10.4. The number of rotatable bonds is 4. The third-order valence-electron chi connectivity index (χ3n) is 5.28. The van der Waals surface area contributed by atoms with E-state index in [2.05, 4.69) is 15.0 Å². The van der Waals surface area contributed by atoms with E-state index in [1.54, 1.807) is 40.3 Å². The van der Waals surface area contributed by atoms with Crippen LogP contribution in [-0.2, 0) is 6.54 Å². The zero-order valence-electron chi connectivity index (χ0n) is 17.9. The number of halogens is 1. The van der Waals surface area contributed by atoms with Crippen LogP contribution in [0.5, 0.6) is 0 Å². The van der Waals surface area contributed by atoms with Gasteiger partial charge in [-0.15, -0.1) is 0 Å². The van der Waals surface area contributed by atoms with Gasteiger partial charge in [0, 0.05) is 45.1 Å². The molecule has 0 atom stereocenters. The Balaban J connectivity index is 1.54. The quantitative estimate of drug-likeness (QED) is 0.559. The molecule has 0 unspecified atom stereocenters. The number of amides is 2. The summed E-state index contributed by atoms with van der Waals surface area (Å²) >= 11 is 5.78. The van der Waals surface area contributed by atoms with Crippen LogP contribution >= 0.6 is 11.6 Å². The van der Waals surface area contributed by atoms with Crippen molar-refractivity contribution >= 4 is 34.6 Å². The number of piperazine rings is 1. The fraction of sp³-hybridized carbons (Fsp3) is 0.364. The minimum atomic E-state index is -0.444. The molecule has 3 aromatic heterocycles. The Labute approximate surface area is 189 Å². The van der Waals surface area contributed by atoms with E-state index in [-0.39, 0.29) is 17.5 Å². The van der Waals surface area contributed by atoms with Crippen LogP contribution in [0.2, 0.25) is 5.15 Å². The largest absolute Gasteiger partial charge is 0.335 e. The molecule has 2 amide bonds. The predicted molar refractivity (Wildman–Crippen MR) is 120 cm³/mol. The fourth-order valence-corrected chi connectivity index (χ4v) is 3.81. The lowest BCUT2D eigenvalue weighted by Crippen LogP contribution is -2.51. The van der Waals surface area contributed by atoms with Crippen molar-refractivity contribution in [3.63, 3.8) is 0 Å². The summed E-state index contributed by atoms with van der Waals surface area (Å²) in [4.78, 5) is 54.8. The number of hydrogen-bond donors (Lipinski definition) is 0. The van der Waals surface area contributed by atoms with E-state index in [1.807, 2.05) is 13.8 Å². The second-order valence-electron chi connectivity index (χ2n) is 8.07. The van der Waals surface area contributed by atoms with Crippen LogP contribution in [0.1, 0.15) is 34.7 Å². The van der Waals surface area contributed by atoms with Crippen LogP contribution < -0.4 is 5.56 Å². The zero-order chi connectivity index (χ0) is 22.8. The third kappa shape index (κ3) is 4.34. The molecule has 166 valence electrons. The van der Waals surface area contributed by atoms with Crippen molar-refractivity contribution in [2.75, 3.05) is 26.2 Å². The minimum Gasteiger partial charge on any atom is -0.335 e. The van der Waals surface area contributed by atoms with E-state index in [1.165, 1.54) is 10.8 Å². The molecule has 1 fully saturated rings. The van der Waals surface area contributed by atoms with Gasteiger partial charge in [0.15, 0.2) is 11.3 Å². The Morgan fingerprint density at radius 1 is 1.03 bits per heavy atom. The number of pyridine rings is 2. The molecular weight excluding hydrogens is 432 g/mol. The average molecular weight is 455 g/mol. The smallest absolute Gasteiger partial charge is 0.283 e. The van der Waals surface area contributed by atoms with Gasteiger partial charge in [-0.05, 0) is 30.2 Å². The highest BCUT2D eigenvalue weighted by Crippen LogP contribution is 2.14. The van der Waals surface area contributed by atoms with Crippen molar-refractivity contribution in [2.24, 2.45) is 5.92 Å². The molecule has 0 spiro atoms. The summed E-state index contributed by atoms with van der Waals surface area (Å²) in [5, 5.41) is 0.318. The highest BCUT2D eigenvalue weighted by molar-refractivity contribution is 6.29. The molecule has 1 aliphatic heterocycles. The standard InChI is InChI=1S/C22H23ClN6O3/c1-14(2)13-29-19-16(4-3-7-24-19)26-18(22(29)32)21(31)28-10-8-27(9-11-28)20(30)15-5-6-17(23)25-12-15/h3-7,12,14H,8-11,13H2,1-2H3. The monoisotopic (exact) mass is 454 g/mol. The molecule has 0 bridgehead atoms. The van der Waals surface area contributed by atoms with E-state index in [9.17, 15) is 14.4 Å². The summed E-state index contributed by atoms with van der Waals surface area (Å²) in [7, 11) is 0. The van der Waals surface area contributed by atoms with Crippen molar-refractivity contribution < 1.29 is 9.59 Å². The van der Waals surface area contributed by atoms with Gasteiger partial charge >= 0.3 is 0 Å². The number of hydrogen-bond acceptors (Lipinski definition) is 6. The molecule has 1 saturated heterocycles. The molecule has 0 saturated carbocycles. The van der Waals surface area contributed by atoms with Gasteiger partial charge in [-0.25, -0.2) is 15.0 Å². The second kappa shape index (κ2) is 9.04. The second-order valence-corrected chi connectivity index (χ2v) is 8.46. The molecule has 0 aliphatic carbocycles. The highest BCUT2D eigenvalue weighted by atomic mass is 35.5. The van der Waals surface area contributed by atoms with Crippen LogP contribution in [-0.4, -0.2) is 67.3 Å². The van der Waals surface area contributed by atoms with Gasteiger partial charge < -0.3 is 9.80 Å². The van der Waals surface area contributed by atoms with Crippen molar-refractivity contribution in [3.05, 3.63) is 63.4 Å². The van der Waals surface area contributed by atoms with Gasteiger partial charge in [-0.3, -0.25) is 19.0 Å². The van der Waals surface area contributed by atoms with Gasteiger partial charge in [0.25, 0.3) is 17.4 Å². The molecule has 32 heavy (non-hydrogen) atoms. The summed E-state index contributed by atoms with van der Waals surface area (Å²) < 4.78 is 1.52. The maximum absolute atomic E-state index is 13.2. The predicted octanol–water partition coefficient (Wildman–Crippen LogP) is 2.09.